The van der Waals surface area contributed by atoms with Gasteiger partial charge in [-0.1, -0.05) is 29.8 Å². The molecule has 0 aliphatic heterocycles. The zero-order chi connectivity index (χ0) is 15.9. The summed E-state index contributed by atoms with van der Waals surface area (Å²) in [7, 11) is 0. The summed E-state index contributed by atoms with van der Waals surface area (Å²) in [6.07, 6.45) is 0. The Morgan fingerprint density at radius 3 is 2.59 bits per heavy atom. The normalized spacial score (nSPS) is 10.8. The highest BCUT2D eigenvalue weighted by atomic mass is 16.4. The smallest absolute Gasteiger partial charge is 0.336 e. The van der Waals surface area contributed by atoms with Crippen LogP contribution in [0.5, 0.6) is 5.75 Å². The molecule has 0 amide bonds. The van der Waals surface area contributed by atoms with E-state index in [0.29, 0.717) is 10.9 Å². The summed E-state index contributed by atoms with van der Waals surface area (Å²) in [5.41, 5.74) is 2.19. The first-order chi connectivity index (χ1) is 10.5. The summed E-state index contributed by atoms with van der Waals surface area (Å²) in [6, 6.07) is 12.2. The van der Waals surface area contributed by atoms with E-state index in [9.17, 15) is 14.7 Å². The Morgan fingerprint density at radius 1 is 1.14 bits per heavy atom. The third kappa shape index (κ3) is 2.29. The van der Waals surface area contributed by atoms with Crippen molar-refractivity contribution in [3.63, 3.8) is 0 Å². The molecule has 3 rings (SSSR count). The van der Waals surface area contributed by atoms with Crippen molar-refractivity contribution in [2.45, 2.75) is 13.8 Å². The standard InChI is InChI=1S/C18H14O4/c1-10-4-3-5-12(8-10)14-9-16(21)22-18-13(14)6-7-15(20)17(18)11(2)19/h3-9,20H,1-2H3. The number of hydrogen-bond donors (Lipinski definition) is 1. The minimum atomic E-state index is -0.558. The Bertz CT molecular complexity index is 951. The van der Waals surface area contributed by atoms with Crippen molar-refractivity contribution < 1.29 is 14.3 Å². The lowest BCUT2D eigenvalue weighted by Gasteiger charge is -2.09. The summed E-state index contributed by atoms with van der Waals surface area (Å²) < 4.78 is 5.19. The predicted molar refractivity (Wildman–Crippen MR) is 84.3 cm³/mol. The quantitative estimate of drug-likeness (QED) is 0.578. The fourth-order valence-corrected chi connectivity index (χ4v) is 2.61. The molecule has 4 heteroatoms. The summed E-state index contributed by atoms with van der Waals surface area (Å²) in [6.45, 7) is 3.29. The Hall–Kier alpha value is -2.88. The maximum Gasteiger partial charge on any atom is 0.336 e. The van der Waals surface area contributed by atoms with Gasteiger partial charge < -0.3 is 9.52 Å². The van der Waals surface area contributed by atoms with Crippen molar-refractivity contribution in [3.8, 4) is 16.9 Å². The van der Waals surface area contributed by atoms with Gasteiger partial charge in [-0.25, -0.2) is 4.79 Å². The van der Waals surface area contributed by atoms with Crippen LogP contribution in [0.3, 0.4) is 0 Å². The topological polar surface area (TPSA) is 67.5 Å². The van der Waals surface area contributed by atoms with Crippen molar-refractivity contribution in [3.05, 3.63) is 64.0 Å². The van der Waals surface area contributed by atoms with Crippen molar-refractivity contribution in [1.29, 1.82) is 0 Å². The van der Waals surface area contributed by atoms with Gasteiger partial charge in [-0.05, 0) is 37.1 Å². The lowest BCUT2D eigenvalue weighted by Crippen LogP contribution is -2.02. The second kappa shape index (κ2) is 5.15. The molecule has 0 fully saturated rings. The zero-order valence-electron chi connectivity index (χ0n) is 12.2. The molecule has 110 valence electrons. The molecule has 0 spiro atoms. The lowest BCUT2D eigenvalue weighted by molar-refractivity contribution is 0.101. The fraction of sp³-hybridized carbons (Fsp3) is 0.111. The number of benzene rings is 2. The maximum atomic E-state index is 11.9. The number of carbonyl (C=O) groups is 1. The van der Waals surface area contributed by atoms with Crippen molar-refractivity contribution in [2.24, 2.45) is 0 Å². The van der Waals surface area contributed by atoms with E-state index in [0.717, 1.165) is 11.1 Å². The molecule has 0 aliphatic carbocycles. The van der Waals surface area contributed by atoms with Gasteiger partial charge in [0.2, 0.25) is 0 Å². The number of ketones is 1. The fourth-order valence-electron chi connectivity index (χ4n) is 2.61. The van der Waals surface area contributed by atoms with Crippen LogP contribution in [0.2, 0.25) is 0 Å². The van der Waals surface area contributed by atoms with Gasteiger partial charge in [0.15, 0.2) is 11.4 Å². The van der Waals surface area contributed by atoms with Crippen LogP contribution in [-0.4, -0.2) is 10.9 Å². The zero-order valence-corrected chi connectivity index (χ0v) is 12.2. The summed E-state index contributed by atoms with van der Waals surface area (Å²) in [5, 5.41) is 10.5. The first-order valence-electron chi connectivity index (χ1n) is 6.85. The van der Waals surface area contributed by atoms with Gasteiger partial charge in [0, 0.05) is 11.5 Å². The molecule has 4 nitrogen and oxygen atoms in total. The van der Waals surface area contributed by atoms with Crippen molar-refractivity contribution >= 4 is 16.8 Å². The number of aromatic hydroxyl groups is 1. The summed E-state index contributed by atoms with van der Waals surface area (Å²) >= 11 is 0. The molecule has 0 saturated heterocycles. The highest BCUT2D eigenvalue weighted by molar-refractivity contribution is 6.10. The molecule has 0 unspecified atom stereocenters. The molecule has 0 atom stereocenters. The van der Waals surface area contributed by atoms with Crippen LogP contribution in [0.4, 0.5) is 0 Å². The van der Waals surface area contributed by atoms with Crippen LogP contribution in [-0.2, 0) is 0 Å². The molecule has 1 N–H and O–H groups in total. The average molecular weight is 294 g/mol. The Balaban J connectivity index is 2.45. The molecule has 0 saturated carbocycles. The number of aryl methyl sites for hydroxylation is 1. The Morgan fingerprint density at radius 2 is 1.91 bits per heavy atom. The van der Waals surface area contributed by atoms with Crippen LogP contribution < -0.4 is 5.63 Å². The summed E-state index contributed by atoms with van der Waals surface area (Å²) in [5.74, 6) is -0.544. The Labute approximate surface area is 126 Å². The second-order valence-electron chi connectivity index (χ2n) is 5.24. The van der Waals surface area contributed by atoms with Crippen LogP contribution >= 0.6 is 0 Å². The highest BCUT2D eigenvalue weighted by Crippen LogP contribution is 2.33. The van der Waals surface area contributed by atoms with E-state index in [1.807, 2.05) is 31.2 Å². The van der Waals surface area contributed by atoms with Crippen LogP contribution in [0.15, 0.2) is 51.7 Å². The molecule has 22 heavy (non-hydrogen) atoms. The molecular weight excluding hydrogens is 280 g/mol. The first kappa shape index (κ1) is 14.1. The molecule has 0 aliphatic rings. The van der Waals surface area contributed by atoms with Crippen LogP contribution in [0, 0.1) is 6.92 Å². The number of Topliss-reactive ketones (excluding diaryl/α,β-unsaturated/α-hetero) is 1. The van der Waals surface area contributed by atoms with E-state index >= 15 is 0 Å². The van der Waals surface area contributed by atoms with E-state index in [1.165, 1.54) is 19.1 Å². The first-order valence-corrected chi connectivity index (χ1v) is 6.85. The van der Waals surface area contributed by atoms with Gasteiger partial charge in [-0.2, -0.15) is 0 Å². The van der Waals surface area contributed by atoms with Crippen LogP contribution in [0.1, 0.15) is 22.8 Å². The van der Waals surface area contributed by atoms with Gasteiger partial charge in [0.25, 0.3) is 0 Å². The van der Waals surface area contributed by atoms with Gasteiger partial charge >= 0.3 is 5.63 Å². The number of fused-ring (bicyclic) bond motifs is 1. The minimum absolute atomic E-state index is 0.0316. The van der Waals surface area contributed by atoms with Gasteiger partial charge in [-0.3, -0.25) is 4.79 Å². The van der Waals surface area contributed by atoms with Gasteiger partial charge in [0.05, 0.1) is 0 Å². The largest absolute Gasteiger partial charge is 0.507 e. The highest BCUT2D eigenvalue weighted by Gasteiger charge is 2.17. The summed E-state index contributed by atoms with van der Waals surface area (Å²) in [4.78, 5) is 23.7. The maximum absolute atomic E-state index is 11.9. The van der Waals surface area contributed by atoms with Crippen LogP contribution in [0.25, 0.3) is 22.1 Å². The van der Waals surface area contributed by atoms with Gasteiger partial charge in [0.1, 0.15) is 11.3 Å². The molecule has 1 aromatic heterocycles. The average Bonchev–Trinajstić information content (AvgIpc) is 2.45. The van der Waals surface area contributed by atoms with E-state index in [2.05, 4.69) is 0 Å². The predicted octanol–water partition coefficient (Wildman–Crippen LogP) is 3.68. The molecule has 0 radical (unpaired) electrons. The van der Waals surface area contributed by atoms with E-state index < -0.39 is 5.63 Å². The van der Waals surface area contributed by atoms with Crippen molar-refractivity contribution in [2.75, 3.05) is 0 Å². The molecule has 3 aromatic rings. The number of phenolic OH excluding ortho intramolecular Hbond substituents is 1. The Kier molecular flexibility index (Phi) is 3.29. The minimum Gasteiger partial charge on any atom is -0.507 e. The number of phenols is 1. The molecule has 0 bridgehead atoms. The molecular formula is C18H14O4. The van der Waals surface area contributed by atoms with E-state index in [1.54, 1.807) is 6.07 Å². The molecule has 1 heterocycles. The SMILES string of the molecule is CC(=O)c1c(O)ccc2c(-c3cccc(C)c3)cc(=O)oc12. The van der Waals surface area contributed by atoms with E-state index in [4.69, 9.17) is 4.42 Å². The number of rotatable bonds is 2. The van der Waals surface area contributed by atoms with Crippen molar-refractivity contribution in [1.82, 2.24) is 0 Å². The van der Waals surface area contributed by atoms with E-state index in [-0.39, 0.29) is 22.7 Å². The molecule has 2 aromatic carbocycles. The third-order valence-corrected chi connectivity index (χ3v) is 3.57. The van der Waals surface area contributed by atoms with Gasteiger partial charge in [-0.15, -0.1) is 0 Å². The lowest BCUT2D eigenvalue weighted by atomic mass is 9.97. The number of carbonyl (C=O) groups excluding carboxylic acids is 1. The third-order valence-electron chi connectivity index (χ3n) is 3.57. The monoisotopic (exact) mass is 294 g/mol. The second-order valence-corrected chi connectivity index (χ2v) is 5.24. The number of hydrogen-bond acceptors (Lipinski definition) is 4.